The molecule has 0 bridgehead atoms. The van der Waals surface area contributed by atoms with Crippen LogP contribution in [0.5, 0.6) is 0 Å². The second-order valence-corrected chi connectivity index (χ2v) is 8.17. The molecule has 1 heteroatoms. The van der Waals surface area contributed by atoms with E-state index >= 15 is 0 Å². The van der Waals surface area contributed by atoms with Crippen molar-refractivity contribution in [1.29, 1.82) is 0 Å². The van der Waals surface area contributed by atoms with Crippen molar-refractivity contribution >= 4 is 0 Å². The zero-order valence-corrected chi connectivity index (χ0v) is 14.4. The summed E-state index contributed by atoms with van der Waals surface area (Å²) in [5, 5.41) is 3.93. The topological polar surface area (TPSA) is 12.0 Å². The Morgan fingerprint density at radius 3 is 2.24 bits per heavy atom. The molecule has 0 heterocycles. The third kappa shape index (κ3) is 4.85. The van der Waals surface area contributed by atoms with Crippen molar-refractivity contribution in [2.45, 2.75) is 72.3 Å². The van der Waals surface area contributed by atoms with Gasteiger partial charge in [0.25, 0.3) is 0 Å². The van der Waals surface area contributed by atoms with E-state index < -0.39 is 0 Å². The predicted octanol–water partition coefficient (Wildman–Crippen LogP) is 5.72. The molecule has 118 valence electrons. The lowest BCUT2D eigenvalue weighted by Gasteiger charge is -2.33. The van der Waals surface area contributed by atoms with E-state index in [0.29, 0.717) is 16.9 Å². The molecule has 1 N–H and O–H groups in total. The van der Waals surface area contributed by atoms with E-state index in [4.69, 9.17) is 0 Å². The maximum Gasteiger partial charge on any atom is 0.0325 e. The van der Waals surface area contributed by atoms with Crippen molar-refractivity contribution in [3.63, 3.8) is 0 Å². The number of hydrogen-bond donors (Lipinski definition) is 1. The lowest BCUT2D eigenvalue weighted by atomic mass is 9.81. The smallest absolute Gasteiger partial charge is 0.0325 e. The SMILES string of the molecule is CCC1(CNC(CC(C)(C)C)c2ccccc2)CCCC1. The Balaban J connectivity index is 2.06. The Morgan fingerprint density at radius 1 is 1.10 bits per heavy atom. The van der Waals surface area contributed by atoms with E-state index in [1.807, 2.05) is 0 Å². The molecule has 0 spiro atoms. The number of hydrogen-bond acceptors (Lipinski definition) is 1. The second-order valence-electron chi connectivity index (χ2n) is 8.17. The molecular formula is C20H33N. The molecule has 1 aliphatic rings. The molecule has 1 nitrogen and oxygen atoms in total. The van der Waals surface area contributed by atoms with Crippen LogP contribution < -0.4 is 5.32 Å². The van der Waals surface area contributed by atoms with Crippen molar-refractivity contribution in [1.82, 2.24) is 5.32 Å². The maximum absolute atomic E-state index is 3.93. The summed E-state index contributed by atoms with van der Waals surface area (Å²) in [7, 11) is 0. The molecule has 0 aliphatic heterocycles. The van der Waals surface area contributed by atoms with Gasteiger partial charge in [0.15, 0.2) is 0 Å². The summed E-state index contributed by atoms with van der Waals surface area (Å²) < 4.78 is 0. The Labute approximate surface area is 131 Å². The molecule has 1 aliphatic carbocycles. The predicted molar refractivity (Wildman–Crippen MR) is 92.4 cm³/mol. The van der Waals surface area contributed by atoms with Crippen molar-refractivity contribution in [3.8, 4) is 0 Å². The number of benzene rings is 1. The van der Waals surface area contributed by atoms with Crippen LogP contribution >= 0.6 is 0 Å². The first kappa shape index (κ1) is 16.5. The first-order valence-corrected chi connectivity index (χ1v) is 8.72. The lowest BCUT2D eigenvalue weighted by molar-refractivity contribution is 0.232. The molecule has 1 saturated carbocycles. The molecule has 0 amide bonds. The highest BCUT2D eigenvalue weighted by atomic mass is 14.9. The van der Waals surface area contributed by atoms with Gasteiger partial charge >= 0.3 is 0 Å². The summed E-state index contributed by atoms with van der Waals surface area (Å²) in [5.74, 6) is 0. The summed E-state index contributed by atoms with van der Waals surface area (Å²) in [6.45, 7) is 10.6. The van der Waals surface area contributed by atoms with E-state index in [1.165, 1.54) is 50.6 Å². The molecule has 1 aromatic rings. The monoisotopic (exact) mass is 287 g/mol. The highest BCUT2D eigenvalue weighted by molar-refractivity contribution is 5.19. The summed E-state index contributed by atoms with van der Waals surface area (Å²) in [4.78, 5) is 0. The van der Waals surface area contributed by atoms with E-state index in [1.54, 1.807) is 0 Å². The molecule has 0 radical (unpaired) electrons. The van der Waals surface area contributed by atoms with Gasteiger partial charge in [-0.2, -0.15) is 0 Å². The molecule has 1 aromatic carbocycles. The second kappa shape index (κ2) is 6.96. The fourth-order valence-electron chi connectivity index (χ4n) is 3.73. The highest BCUT2D eigenvalue weighted by Crippen LogP contribution is 2.41. The van der Waals surface area contributed by atoms with Crippen molar-refractivity contribution in [3.05, 3.63) is 35.9 Å². The third-order valence-electron chi connectivity index (χ3n) is 5.16. The van der Waals surface area contributed by atoms with Crippen molar-refractivity contribution in [2.75, 3.05) is 6.54 Å². The molecule has 21 heavy (non-hydrogen) atoms. The van der Waals surface area contributed by atoms with Crippen molar-refractivity contribution < 1.29 is 0 Å². The average molecular weight is 287 g/mol. The van der Waals surface area contributed by atoms with E-state index in [9.17, 15) is 0 Å². The highest BCUT2D eigenvalue weighted by Gasteiger charge is 2.32. The zero-order chi connectivity index (χ0) is 15.3. The minimum Gasteiger partial charge on any atom is -0.309 e. The van der Waals surface area contributed by atoms with Gasteiger partial charge in [0.1, 0.15) is 0 Å². The lowest BCUT2D eigenvalue weighted by Crippen LogP contribution is -2.35. The van der Waals surface area contributed by atoms with Crippen LogP contribution in [0.3, 0.4) is 0 Å². The van der Waals surface area contributed by atoms with Crippen LogP contribution in [0, 0.1) is 10.8 Å². The molecule has 1 atom stereocenters. The fraction of sp³-hybridized carbons (Fsp3) is 0.700. The molecule has 1 fully saturated rings. The Kier molecular flexibility index (Phi) is 5.48. The fourth-order valence-corrected chi connectivity index (χ4v) is 3.73. The maximum atomic E-state index is 3.93. The molecular weight excluding hydrogens is 254 g/mol. The van der Waals surface area contributed by atoms with Gasteiger partial charge < -0.3 is 5.32 Å². The van der Waals surface area contributed by atoms with Crippen LogP contribution in [-0.4, -0.2) is 6.54 Å². The first-order valence-electron chi connectivity index (χ1n) is 8.72. The van der Waals surface area contributed by atoms with Crippen LogP contribution in [0.25, 0.3) is 0 Å². The van der Waals surface area contributed by atoms with Gasteiger partial charge in [0.2, 0.25) is 0 Å². The summed E-state index contributed by atoms with van der Waals surface area (Å²) in [6.07, 6.45) is 8.17. The van der Waals surface area contributed by atoms with Crippen LogP contribution in [0.2, 0.25) is 0 Å². The Morgan fingerprint density at radius 2 is 1.71 bits per heavy atom. The minimum absolute atomic E-state index is 0.350. The normalized spacial score (nSPS) is 19.6. The van der Waals surface area contributed by atoms with Gasteiger partial charge in [0.05, 0.1) is 0 Å². The van der Waals surface area contributed by atoms with Gasteiger partial charge in [-0.1, -0.05) is 70.9 Å². The zero-order valence-electron chi connectivity index (χ0n) is 14.4. The van der Waals surface area contributed by atoms with E-state index in [2.05, 4.69) is 63.3 Å². The standard InChI is InChI=1S/C20H33N/c1-5-20(13-9-10-14-20)16-21-18(15-19(2,3)4)17-11-7-6-8-12-17/h6-8,11-12,18,21H,5,9-10,13-16H2,1-4H3. The Bertz CT molecular complexity index is 409. The summed E-state index contributed by atoms with van der Waals surface area (Å²) in [6, 6.07) is 11.5. The van der Waals surface area contributed by atoms with Crippen LogP contribution in [0.1, 0.15) is 77.8 Å². The van der Waals surface area contributed by atoms with Crippen LogP contribution in [-0.2, 0) is 0 Å². The van der Waals surface area contributed by atoms with Gasteiger partial charge in [-0.25, -0.2) is 0 Å². The van der Waals surface area contributed by atoms with Gasteiger partial charge in [0, 0.05) is 12.6 Å². The molecule has 1 unspecified atom stereocenters. The number of rotatable bonds is 6. The van der Waals surface area contributed by atoms with Crippen LogP contribution in [0.15, 0.2) is 30.3 Å². The van der Waals surface area contributed by atoms with Gasteiger partial charge in [-0.05, 0) is 42.1 Å². The number of nitrogens with one attached hydrogen (secondary N) is 1. The summed E-state index contributed by atoms with van der Waals surface area (Å²) >= 11 is 0. The summed E-state index contributed by atoms with van der Waals surface area (Å²) in [5.41, 5.74) is 2.35. The molecule has 2 rings (SSSR count). The largest absolute Gasteiger partial charge is 0.309 e. The Hall–Kier alpha value is -0.820. The first-order chi connectivity index (χ1) is 9.94. The van der Waals surface area contributed by atoms with Gasteiger partial charge in [-0.3, -0.25) is 0 Å². The van der Waals surface area contributed by atoms with Gasteiger partial charge in [-0.15, -0.1) is 0 Å². The average Bonchev–Trinajstić information content (AvgIpc) is 2.93. The van der Waals surface area contributed by atoms with Crippen LogP contribution in [0.4, 0.5) is 0 Å². The van der Waals surface area contributed by atoms with E-state index in [-0.39, 0.29) is 0 Å². The van der Waals surface area contributed by atoms with E-state index in [0.717, 1.165) is 0 Å². The third-order valence-corrected chi connectivity index (χ3v) is 5.16. The molecule has 0 saturated heterocycles. The van der Waals surface area contributed by atoms with Crippen molar-refractivity contribution in [2.24, 2.45) is 10.8 Å². The molecule has 0 aromatic heterocycles. The quantitative estimate of drug-likeness (QED) is 0.705. The minimum atomic E-state index is 0.350.